The molecule has 3 N–H and O–H groups in total. The number of nitrogens with two attached hydrogens (primary N) is 1. The molecule has 0 amide bonds. The minimum atomic E-state index is 0.714. The van der Waals surface area contributed by atoms with Crippen molar-refractivity contribution in [1.29, 1.82) is 0 Å². The molecule has 0 radical (unpaired) electrons. The Kier molecular flexibility index (Phi) is 2.71. The van der Waals surface area contributed by atoms with Crippen LogP contribution in [0.4, 0.5) is 0 Å². The molecule has 0 atom stereocenters. The molecule has 3 nitrogen and oxygen atoms in total. The van der Waals surface area contributed by atoms with Crippen LogP contribution in [-0.2, 0) is 0 Å². The Hall–Kier alpha value is 0.230. The van der Waals surface area contributed by atoms with Gasteiger partial charge in [0.2, 0.25) is 0 Å². The van der Waals surface area contributed by atoms with E-state index in [0.29, 0.717) is 5.41 Å². The van der Waals surface area contributed by atoms with Crippen LogP contribution in [0, 0.1) is 5.41 Å². The lowest BCUT2D eigenvalue weighted by Crippen LogP contribution is -2.66. The molecule has 1 heterocycles. The number of likely N-dealkylation sites (tertiary alicyclic amines) is 1. The van der Waals surface area contributed by atoms with Gasteiger partial charge in [0, 0.05) is 37.5 Å². The Morgan fingerprint density at radius 2 is 2.00 bits per heavy atom. The molecule has 0 aromatic heterocycles. The molecule has 0 aromatic rings. The van der Waals surface area contributed by atoms with Gasteiger partial charge in [-0.1, -0.05) is 11.9 Å². The first-order valence-electron chi connectivity index (χ1n) is 6.10. The van der Waals surface area contributed by atoms with Crippen LogP contribution in [0.2, 0.25) is 0 Å². The minimum Gasteiger partial charge on any atom is -0.311 e. The summed E-state index contributed by atoms with van der Waals surface area (Å²) in [7, 11) is 0. The molecule has 3 rings (SSSR count). The number of hydrogen-bond donors (Lipinski definition) is 2. The maximum Gasteiger partial charge on any atom is 0.0204 e. The molecular weight excluding hydrogens is 206 g/mol. The van der Waals surface area contributed by atoms with Crippen LogP contribution in [0.3, 0.4) is 0 Å². The normalized spacial score (nSPS) is 30.2. The van der Waals surface area contributed by atoms with E-state index in [1.54, 1.807) is 0 Å². The zero-order chi connectivity index (χ0) is 10.3. The highest BCUT2D eigenvalue weighted by atomic mass is 32.2. The van der Waals surface area contributed by atoms with Crippen LogP contribution >= 0.6 is 11.9 Å². The van der Waals surface area contributed by atoms with E-state index in [2.05, 4.69) is 10.2 Å². The van der Waals surface area contributed by atoms with E-state index in [-0.39, 0.29) is 0 Å². The van der Waals surface area contributed by atoms with Crippen molar-refractivity contribution < 1.29 is 0 Å². The molecule has 0 unspecified atom stereocenters. The number of rotatable bonds is 5. The summed E-state index contributed by atoms with van der Waals surface area (Å²) in [5.74, 6) is 1.08. The first-order valence-corrected chi connectivity index (χ1v) is 7.15. The standard InChI is InChI=1S/C11H21N3S/c12-15-4-3-14-7-11(8-14)5-10(6-11)13-9-1-2-9/h9-10,13H,1-8,12H2. The van der Waals surface area contributed by atoms with Gasteiger partial charge in [-0.3, -0.25) is 5.14 Å². The number of nitrogens with one attached hydrogen (secondary N) is 1. The third-order valence-electron chi connectivity index (χ3n) is 4.05. The van der Waals surface area contributed by atoms with E-state index in [1.807, 2.05) is 0 Å². The molecule has 1 saturated heterocycles. The van der Waals surface area contributed by atoms with Crippen molar-refractivity contribution in [2.75, 3.05) is 25.4 Å². The van der Waals surface area contributed by atoms with Crippen LogP contribution in [0.15, 0.2) is 0 Å². The molecule has 3 aliphatic rings. The average Bonchev–Trinajstić information content (AvgIpc) is 2.88. The Labute approximate surface area is 96.3 Å². The van der Waals surface area contributed by atoms with Crippen LogP contribution < -0.4 is 10.5 Å². The molecule has 1 aliphatic heterocycles. The summed E-state index contributed by atoms with van der Waals surface area (Å²) in [4.78, 5) is 2.55. The van der Waals surface area contributed by atoms with Crippen molar-refractivity contribution in [1.82, 2.24) is 10.2 Å². The maximum atomic E-state index is 5.43. The first kappa shape index (κ1) is 10.4. The topological polar surface area (TPSA) is 41.3 Å². The van der Waals surface area contributed by atoms with E-state index in [4.69, 9.17) is 5.14 Å². The maximum absolute atomic E-state index is 5.43. The van der Waals surface area contributed by atoms with Gasteiger partial charge >= 0.3 is 0 Å². The summed E-state index contributed by atoms with van der Waals surface area (Å²) in [6, 6.07) is 1.74. The van der Waals surface area contributed by atoms with Crippen LogP contribution in [0.25, 0.3) is 0 Å². The summed E-state index contributed by atoms with van der Waals surface area (Å²) >= 11 is 1.47. The molecule has 4 heteroatoms. The van der Waals surface area contributed by atoms with Gasteiger partial charge in [0.15, 0.2) is 0 Å². The third kappa shape index (κ3) is 2.18. The van der Waals surface area contributed by atoms with E-state index in [1.165, 1.54) is 57.3 Å². The van der Waals surface area contributed by atoms with Gasteiger partial charge in [-0.2, -0.15) is 0 Å². The van der Waals surface area contributed by atoms with Crippen LogP contribution in [0.5, 0.6) is 0 Å². The monoisotopic (exact) mass is 227 g/mol. The van der Waals surface area contributed by atoms with E-state index in [9.17, 15) is 0 Å². The van der Waals surface area contributed by atoms with Gasteiger partial charge in [0.25, 0.3) is 0 Å². The highest BCUT2D eigenvalue weighted by Gasteiger charge is 2.52. The van der Waals surface area contributed by atoms with Crippen molar-refractivity contribution in [2.24, 2.45) is 10.6 Å². The Balaban J connectivity index is 1.33. The second-order valence-electron chi connectivity index (χ2n) is 5.63. The molecule has 1 spiro atoms. The third-order valence-corrected chi connectivity index (χ3v) is 4.47. The summed E-state index contributed by atoms with van der Waals surface area (Å²) in [6.07, 6.45) is 5.69. The fraction of sp³-hybridized carbons (Fsp3) is 1.00. The molecule has 0 aromatic carbocycles. The second-order valence-corrected chi connectivity index (χ2v) is 6.37. The van der Waals surface area contributed by atoms with Crippen molar-refractivity contribution in [2.45, 2.75) is 37.8 Å². The lowest BCUT2D eigenvalue weighted by Gasteiger charge is -2.59. The summed E-state index contributed by atoms with van der Waals surface area (Å²) in [5.41, 5.74) is 0.714. The molecule has 2 saturated carbocycles. The Morgan fingerprint density at radius 1 is 1.27 bits per heavy atom. The van der Waals surface area contributed by atoms with Crippen molar-refractivity contribution in [3.8, 4) is 0 Å². The fourth-order valence-corrected chi connectivity index (χ4v) is 3.55. The summed E-state index contributed by atoms with van der Waals surface area (Å²) in [5, 5.41) is 9.16. The summed E-state index contributed by atoms with van der Waals surface area (Å²) < 4.78 is 0. The lowest BCUT2D eigenvalue weighted by molar-refractivity contribution is -0.0756. The molecular formula is C11H21N3S. The minimum absolute atomic E-state index is 0.714. The largest absolute Gasteiger partial charge is 0.311 e. The molecule has 2 aliphatic carbocycles. The van der Waals surface area contributed by atoms with E-state index < -0.39 is 0 Å². The smallest absolute Gasteiger partial charge is 0.0204 e. The number of nitrogens with zero attached hydrogens (tertiary/aromatic N) is 1. The van der Waals surface area contributed by atoms with Gasteiger partial charge < -0.3 is 10.2 Å². The predicted octanol–water partition coefficient (Wildman–Crippen LogP) is 0.810. The highest BCUT2D eigenvalue weighted by molar-refractivity contribution is 7.97. The Morgan fingerprint density at radius 3 is 2.60 bits per heavy atom. The SMILES string of the molecule is NSCCN1CC2(CC(NC3CC3)C2)C1. The summed E-state index contributed by atoms with van der Waals surface area (Å²) in [6.45, 7) is 3.84. The van der Waals surface area contributed by atoms with Gasteiger partial charge in [0.05, 0.1) is 0 Å². The van der Waals surface area contributed by atoms with Crippen LogP contribution in [0.1, 0.15) is 25.7 Å². The van der Waals surface area contributed by atoms with Gasteiger partial charge in [-0.15, -0.1) is 0 Å². The average molecular weight is 227 g/mol. The fourth-order valence-electron chi connectivity index (χ4n) is 3.19. The van der Waals surface area contributed by atoms with Crippen molar-refractivity contribution >= 4 is 11.9 Å². The van der Waals surface area contributed by atoms with Gasteiger partial charge in [-0.25, -0.2) is 0 Å². The zero-order valence-electron chi connectivity index (χ0n) is 9.24. The first-order chi connectivity index (χ1) is 7.30. The molecule has 0 bridgehead atoms. The van der Waals surface area contributed by atoms with Crippen LogP contribution in [-0.4, -0.2) is 42.4 Å². The quantitative estimate of drug-likeness (QED) is 0.682. The Bertz CT molecular complexity index is 228. The number of hydrogen-bond acceptors (Lipinski definition) is 4. The van der Waals surface area contributed by atoms with E-state index in [0.717, 1.165) is 17.8 Å². The van der Waals surface area contributed by atoms with Gasteiger partial charge in [-0.05, 0) is 31.1 Å². The van der Waals surface area contributed by atoms with Gasteiger partial charge in [0.1, 0.15) is 0 Å². The lowest BCUT2D eigenvalue weighted by atomic mass is 9.60. The van der Waals surface area contributed by atoms with E-state index >= 15 is 0 Å². The predicted molar refractivity (Wildman–Crippen MR) is 64.7 cm³/mol. The molecule has 3 fully saturated rings. The van der Waals surface area contributed by atoms with Crippen molar-refractivity contribution in [3.05, 3.63) is 0 Å². The highest BCUT2D eigenvalue weighted by Crippen LogP contribution is 2.48. The molecule has 15 heavy (non-hydrogen) atoms. The molecule has 86 valence electrons. The zero-order valence-corrected chi connectivity index (χ0v) is 10.1. The second kappa shape index (κ2) is 3.91. The van der Waals surface area contributed by atoms with Crippen molar-refractivity contribution in [3.63, 3.8) is 0 Å².